The Hall–Kier alpha value is -6.45. The van der Waals surface area contributed by atoms with Crippen LogP contribution in [-0.2, 0) is 48.0 Å². The van der Waals surface area contributed by atoms with Crippen LogP contribution in [-0.4, -0.2) is 87.9 Å². The molecule has 4 aromatic rings. The first-order chi connectivity index (χ1) is 26.0. The van der Waals surface area contributed by atoms with Crippen LogP contribution in [0.25, 0.3) is 10.9 Å². The SMILES string of the molecule is C=CCOC(=O)NCCCC[C@H](NC(=O)[C@@H](Cc1ccccc1)NC(=O)[C@H](Cc1cnc[nH]1)NC(C)=O)C(=O)N[C@@H](Cc1c[nH]c2ccccc12)C(N)=O. The van der Waals surface area contributed by atoms with E-state index >= 15 is 0 Å². The second-order valence-electron chi connectivity index (χ2n) is 12.7. The number of primary amides is 1. The number of amides is 6. The highest BCUT2D eigenvalue weighted by Crippen LogP contribution is 2.19. The molecule has 2 aromatic carbocycles. The minimum Gasteiger partial charge on any atom is -0.445 e. The Kier molecular flexibility index (Phi) is 15.3. The molecule has 4 rings (SSSR count). The highest BCUT2D eigenvalue weighted by atomic mass is 16.5. The molecule has 286 valence electrons. The maximum Gasteiger partial charge on any atom is 0.407 e. The van der Waals surface area contributed by atoms with Crippen molar-refractivity contribution in [2.75, 3.05) is 13.2 Å². The first-order valence-electron chi connectivity index (χ1n) is 17.6. The zero-order valence-electron chi connectivity index (χ0n) is 30.1. The normalized spacial score (nSPS) is 13.1. The first kappa shape index (κ1) is 40.3. The van der Waals surface area contributed by atoms with E-state index in [4.69, 9.17) is 10.5 Å². The number of para-hydroxylation sites is 1. The summed E-state index contributed by atoms with van der Waals surface area (Å²) in [5.74, 6) is -3.18. The number of hydrogen-bond acceptors (Lipinski definition) is 8. The van der Waals surface area contributed by atoms with Gasteiger partial charge in [-0.15, -0.1) is 0 Å². The smallest absolute Gasteiger partial charge is 0.407 e. The van der Waals surface area contributed by atoms with E-state index in [2.05, 4.69) is 48.1 Å². The van der Waals surface area contributed by atoms with Crippen LogP contribution in [0.3, 0.4) is 0 Å². The molecule has 0 unspecified atom stereocenters. The molecule has 0 aliphatic rings. The van der Waals surface area contributed by atoms with Crippen LogP contribution in [0.15, 0.2) is 86.0 Å². The molecule has 0 spiro atoms. The van der Waals surface area contributed by atoms with Gasteiger partial charge in [0, 0.05) is 61.7 Å². The molecular formula is C38H47N9O7. The van der Waals surface area contributed by atoms with Gasteiger partial charge in [-0.25, -0.2) is 9.78 Å². The number of rotatable bonds is 21. The summed E-state index contributed by atoms with van der Waals surface area (Å²) < 4.78 is 4.92. The summed E-state index contributed by atoms with van der Waals surface area (Å²) in [4.78, 5) is 88.1. The van der Waals surface area contributed by atoms with Crippen LogP contribution < -0.4 is 32.3 Å². The fraction of sp³-hybridized carbons (Fsp3) is 0.342. The number of alkyl carbamates (subject to hydrolysis) is 1. The summed E-state index contributed by atoms with van der Waals surface area (Å²) in [5.41, 5.74) is 8.69. The predicted octanol–water partition coefficient (Wildman–Crippen LogP) is 1.45. The van der Waals surface area contributed by atoms with Crippen molar-refractivity contribution in [3.05, 3.63) is 103 Å². The van der Waals surface area contributed by atoms with Gasteiger partial charge in [0.05, 0.1) is 6.33 Å². The number of ether oxygens (including phenoxy) is 1. The molecule has 0 fully saturated rings. The molecule has 0 saturated heterocycles. The number of aromatic amines is 2. The van der Waals surface area contributed by atoms with Crippen molar-refractivity contribution in [1.29, 1.82) is 0 Å². The largest absolute Gasteiger partial charge is 0.445 e. The number of fused-ring (bicyclic) bond motifs is 1. The quantitative estimate of drug-likeness (QED) is 0.0458. The van der Waals surface area contributed by atoms with Crippen molar-refractivity contribution in [2.24, 2.45) is 5.73 Å². The zero-order chi connectivity index (χ0) is 38.9. The van der Waals surface area contributed by atoms with Crippen molar-refractivity contribution >= 4 is 46.5 Å². The lowest BCUT2D eigenvalue weighted by Gasteiger charge is -2.26. The van der Waals surface area contributed by atoms with Gasteiger partial charge in [-0.2, -0.15) is 0 Å². The average Bonchev–Trinajstić information content (AvgIpc) is 3.82. The first-order valence-corrected chi connectivity index (χ1v) is 17.6. The predicted molar refractivity (Wildman–Crippen MR) is 200 cm³/mol. The van der Waals surface area contributed by atoms with Crippen LogP contribution in [0.4, 0.5) is 4.79 Å². The highest BCUT2D eigenvalue weighted by Gasteiger charge is 2.31. The minimum absolute atomic E-state index is 0.0507. The summed E-state index contributed by atoms with van der Waals surface area (Å²) in [6.45, 7) is 5.06. The van der Waals surface area contributed by atoms with Crippen LogP contribution in [0.1, 0.15) is 43.0 Å². The number of imidazole rings is 1. The van der Waals surface area contributed by atoms with Crippen LogP contribution >= 0.6 is 0 Å². The fourth-order valence-corrected chi connectivity index (χ4v) is 5.81. The average molecular weight is 742 g/mol. The number of H-pyrrole nitrogens is 2. The van der Waals surface area contributed by atoms with E-state index in [-0.39, 0.29) is 38.8 Å². The third-order valence-corrected chi connectivity index (χ3v) is 8.50. The number of nitrogens with two attached hydrogens (primary N) is 1. The number of nitrogens with one attached hydrogen (secondary N) is 7. The van der Waals surface area contributed by atoms with Gasteiger partial charge in [-0.3, -0.25) is 24.0 Å². The number of unbranched alkanes of at least 4 members (excludes halogenated alkanes) is 1. The van der Waals surface area contributed by atoms with Gasteiger partial charge in [0.25, 0.3) is 0 Å². The van der Waals surface area contributed by atoms with E-state index in [1.165, 1.54) is 25.5 Å². The molecule has 0 radical (unpaired) electrons. The van der Waals surface area contributed by atoms with Crippen molar-refractivity contribution in [3.63, 3.8) is 0 Å². The lowest BCUT2D eigenvalue weighted by molar-refractivity contribution is -0.134. The third kappa shape index (κ3) is 12.6. The van der Waals surface area contributed by atoms with E-state index in [0.717, 1.165) is 22.0 Å². The summed E-state index contributed by atoms with van der Waals surface area (Å²) in [5, 5.41) is 14.4. The van der Waals surface area contributed by atoms with Crippen LogP contribution in [0.5, 0.6) is 0 Å². The van der Waals surface area contributed by atoms with E-state index < -0.39 is 59.8 Å². The van der Waals surface area contributed by atoms with Gasteiger partial charge >= 0.3 is 6.09 Å². The Bertz CT molecular complexity index is 1880. The van der Waals surface area contributed by atoms with Crippen molar-refractivity contribution < 1.29 is 33.5 Å². The number of carbonyl (C=O) groups excluding carboxylic acids is 6. The van der Waals surface area contributed by atoms with E-state index in [1.54, 1.807) is 30.5 Å². The minimum atomic E-state index is -1.17. The standard InChI is InChI=1S/C38H47N9O7/c1-3-17-54-38(53)41-16-10-9-15-30(35(50)46-31(34(39)49)19-26-21-42-29-14-8-7-13-28(26)29)45-36(51)32(18-25-11-5-4-6-12-25)47-37(52)33(44-24(2)48)20-27-22-40-23-43-27/h3-8,11-14,21-23,30-33,42H,1,9-10,15-20H2,2H3,(H2,39,49)(H,40,43)(H,41,53)(H,44,48)(H,45,51)(H,46,50)(H,47,52)/t30-,31-,32+,33-/m0/s1. The summed E-state index contributed by atoms with van der Waals surface area (Å²) in [6, 6.07) is 12.0. The number of aromatic nitrogens is 3. The molecule has 0 aliphatic carbocycles. The Morgan fingerprint density at radius 3 is 2.17 bits per heavy atom. The molecule has 2 heterocycles. The maximum absolute atomic E-state index is 14.1. The van der Waals surface area contributed by atoms with Crippen molar-refractivity contribution in [2.45, 2.75) is 69.6 Å². The van der Waals surface area contributed by atoms with Gasteiger partial charge in [-0.1, -0.05) is 61.2 Å². The Labute approximate surface area is 312 Å². The topological polar surface area (TPSA) is 242 Å². The highest BCUT2D eigenvalue weighted by molar-refractivity contribution is 5.95. The van der Waals surface area contributed by atoms with Crippen molar-refractivity contribution in [1.82, 2.24) is 41.5 Å². The number of hydrogen-bond donors (Lipinski definition) is 8. The van der Waals surface area contributed by atoms with Gasteiger partial charge in [0.15, 0.2) is 0 Å². The maximum atomic E-state index is 14.1. The Morgan fingerprint density at radius 2 is 1.48 bits per heavy atom. The van der Waals surface area contributed by atoms with Crippen molar-refractivity contribution in [3.8, 4) is 0 Å². The third-order valence-electron chi connectivity index (χ3n) is 8.50. The van der Waals surface area contributed by atoms with Gasteiger partial charge in [0.2, 0.25) is 29.5 Å². The van der Waals surface area contributed by atoms with Gasteiger partial charge in [0.1, 0.15) is 30.8 Å². The van der Waals surface area contributed by atoms with Gasteiger partial charge < -0.3 is 47.0 Å². The van der Waals surface area contributed by atoms with E-state index in [0.29, 0.717) is 18.5 Å². The van der Waals surface area contributed by atoms with Crippen LogP contribution in [0, 0.1) is 0 Å². The molecule has 9 N–H and O–H groups in total. The molecule has 0 bridgehead atoms. The number of benzene rings is 2. The molecule has 2 aromatic heterocycles. The van der Waals surface area contributed by atoms with Crippen LogP contribution in [0.2, 0.25) is 0 Å². The lowest BCUT2D eigenvalue weighted by Crippen LogP contribution is -2.59. The fourth-order valence-electron chi connectivity index (χ4n) is 5.81. The number of nitrogens with zero attached hydrogens (tertiary/aromatic N) is 1. The second kappa shape index (κ2) is 20.6. The molecule has 16 heteroatoms. The Morgan fingerprint density at radius 1 is 0.815 bits per heavy atom. The van der Waals surface area contributed by atoms with Gasteiger partial charge in [-0.05, 0) is 36.5 Å². The second-order valence-corrected chi connectivity index (χ2v) is 12.7. The monoisotopic (exact) mass is 741 g/mol. The lowest BCUT2D eigenvalue weighted by atomic mass is 10.0. The summed E-state index contributed by atoms with van der Waals surface area (Å²) >= 11 is 0. The molecule has 0 saturated carbocycles. The molecule has 0 aliphatic heterocycles. The molecular weight excluding hydrogens is 694 g/mol. The Balaban J connectivity index is 1.53. The summed E-state index contributed by atoms with van der Waals surface area (Å²) in [7, 11) is 0. The molecule has 4 atom stereocenters. The zero-order valence-corrected chi connectivity index (χ0v) is 30.1. The number of carbonyl (C=O) groups is 6. The van der Waals surface area contributed by atoms with E-state index in [9.17, 15) is 28.8 Å². The van der Waals surface area contributed by atoms with E-state index in [1.807, 2.05) is 30.3 Å². The molecule has 16 nitrogen and oxygen atoms in total. The molecule has 54 heavy (non-hydrogen) atoms. The molecule has 6 amide bonds. The summed E-state index contributed by atoms with van der Waals surface area (Å²) in [6.07, 6.45) is 6.68.